The van der Waals surface area contributed by atoms with Crippen molar-refractivity contribution in [3.63, 3.8) is 0 Å². The zero-order valence-corrected chi connectivity index (χ0v) is 23.0. The molecule has 1 aromatic heterocycles. The van der Waals surface area contributed by atoms with Crippen molar-refractivity contribution in [3.05, 3.63) is 48.0 Å². The van der Waals surface area contributed by atoms with Gasteiger partial charge >= 0.3 is 5.97 Å². The number of guanidine groups is 1. The van der Waals surface area contributed by atoms with Crippen molar-refractivity contribution in [2.45, 2.75) is 63.7 Å². The van der Waals surface area contributed by atoms with Gasteiger partial charge in [0.15, 0.2) is 5.96 Å². The molecule has 0 saturated carbocycles. The van der Waals surface area contributed by atoms with Gasteiger partial charge in [-0.05, 0) is 42.9 Å². The van der Waals surface area contributed by atoms with E-state index >= 15 is 0 Å². The molecule has 4 unspecified atom stereocenters. The maximum absolute atomic E-state index is 13.4. The highest BCUT2D eigenvalue weighted by Gasteiger charge is 2.32. The second-order valence-electron chi connectivity index (χ2n) is 9.90. The number of benzene rings is 1. The molecule has 0 saturated heterocycles. The van der Waals surface area contributed by atoms with E-state index in [9.17, 15) is 29.4 Å². The summed E-state index contributed by atoms with van der Waals surface area (Å²) in [7, 11) is 0. The maximum atomic E-state index is 13.4. The third-order valence-electron chi connectivity index (χ3n) is 6.15. The minimum atomic E-state index is -1.25. The van der Waals surface area contributed by atoms with E-state index in [0.717, 1.165) is 0 Å². The largest absolute Gasteiger partial charge is 0.508 e. The molecule has 12 N–H and O–H groups in total. The molecule has 0 spiro atoms. The average Bonchev–Trinajstić information content (AvgIpc) is 3.42. The van der Waals surface area contributed by atoms with Crippen LogP contribution >= 0.6 is 0 Å². The average molecular weight is 574 g/mol. The second-order valence-corrected chi connectivity index (χ2v) is 9.90. The van der Waals surface area contributed by atoms with Gasteiger partial charge < -0.3 is 48.3 Å². The van der Waals surface area contributed by atoms with Crippen LogP contribution in [0, 0.1) is 5.92 Å². The van der Waals surface area contributed by atoms with E-state index in [-0.39, 0.29) is 37.5 Å². The molecule has 3 amide bonds. The third kappa shape index (κ3) is 11.2. The maximum Gasteiger partial charge on any atom is 0.326 e. The van der Waals surface area contributed by atoms with Crippen LogP contribution in [0.4, 0.5) is 0 Å². The van der Waals surface area contributed by atoms with Crippen LogP contribution in [0.5, 0.6) is 5.75 Å². The lowest BCUT2D eigenvalue weighted by Gasteiger charge is -2.27. The summed E-state index contributed by atoms with van der Waals surface area (Å²) >= 11 is 0. The van der Waals surface area contributed by atoms with Crippen molar-refractivity contribution in [2.24, 2.45) is 28.1 Å². The zero-order valence-electron chi connectivity index (χ0n) is 23.0. The van der Waals surface area contributed by atoms with Crippen molar-refractivity contribution in [1.82, 2.24) is 25.9 Å². The number of carbonyl (C=O) groups is 4. The first-order valence-electron chi connectivity index (χ1n) is 13.1. The molecule has 1 heterocycles. The van der Waals surface area contributed by atoms with E-state index in [4.69, 9.17) is 17.2 Å². The van der Waals surface area contributed by atoms with Crippen LogP contribution in [0.1, 0.15) is 37.9 Å². The minimum absolute atomic E-state index is 0.0263. The van der Waals surface area contributed by atoms with Crippen LogP contribution in [-0.4, -0.2) is 80.5 Å². The van der Waals surface area contributed by atoms with E-state index in [1.54, 1.807) is 26.0 Å². The highest BCUT2D eigenvalue weighted by molar-refractivity contribution is 5.94. The van der Waals surface area contributed by atoms with Crippen LogP contribution in [0.2, 0.25) is 0 Å². The second kappa shape index (κ2) is 15.8. The normalized spacial score (nSPS) is 13.9. The van der Waals surface area contributed by atoms with Crippen molar-refractivity contribution < 1.29 is 29.4 Å². The molecule has 4 atom stereocenters. The number of nitrogens with zero attached hydrogens (tertiary/aromatic N) is 2. The van der Waals surface area contributed by atoms with Crippen LogP contribution in [0.3, 0.4) is 0 Å². The molecule has 15 nitrogen and oxygen atoms in total. The van der Waals surface area contributed by atoms with Gasteiger partial charge in [-0.3, -0.25) is 19.4 Å². The first-order valence-corrected chi connectivity index (χ1v) is 13.1. The Balaban J connectivity index is 2.12. The summed E-state index contributed by atoms with van der Waals surface area (Å²) in [4.78, 5) is 61.7. The summed E-state index contributed by atoms with van der Waals surface area (Å²) in [6, 6.07) is 1.76. The first kappa shape index (κ1) is 32.6. The highest BCUT2D eigenvalue weighted by Crippen LogP contribution is 2.12. The number of aromatic amines is 1. The van der Waals surface area contributed by atoms with Gasteiger partial charge in [0.05, 0.1) is 12.4 Å². The molecule has 0 aliphatic rings. The van der Waals surface area contributed by atoms with E-state index in [0.29, 0.717) is 17.7 Å². The Morgan fingerprint density at radius 3 is 2.20 bits per heavy atom. The van der Waals surface area contributed by atoms with Gasteiger partial charge in [0.2, 0.25) is 17.7 Å². The molecular weight excluding hydrogens is 534 g/mol. The number of hydrogen-bond acceptors (Lipinski definition) is 8. The van der Waals surface area contributed by atoms with Crippen LogP contribution in [0.25, 0.3) is 0 Å². The Morgan fingerprint density at radius 1 is 0.976 bits per heavy atom. The predicted octanol–water partition coefficient (Wildman–Crippen LogP) is -1.52. The van der Waals surface area contributed by atoms with Gasteiger partial charge in [-0.15, -0.1) is 0 Å². The van der Waals surface area contributed by atoms with Crippen molar-refractivity contribution in [3.8, 4) is 5.75 Å². The number of nitrogens with two attached hydrogens (primary N) is 3. The predicted molar refractivity (Wildman–Crippen MR) is 150 cm³/mol. The molecule has 0 aliphatic heterocycles. The number of phenolic OH excluding ortho intramolecular Hbond substituents is 1. The van der Waals surface area contributed by atoms with Crippen LogP contribution in [-0.2, 0) is 32.0 Å². The highest BCUT2D eigenvalue weighted by atomic mass is 16.4. The fourth-order valence-electron chi connectivity index (χ4n) is 3.89. The van der Waals surface area contributed by atoms with E-state index in [1.807, 2.05) is 0 Å². The first-order chi connectivity index (χ1) is 19.4. The number of H-pyrrole nitrogens is 1. The van der Waals surface area contributed by atoms with Gasteiger partial charge in [-0.25, -0.2) is 9.78 Å². The number of aromatic nitrogens is 2. The van der Waals surface area contributed by atoms with Crippen molar-refractivity contribution in [2.75, 3.05) is 6.54 Å². The standard InChI is InChI=1S/C26H39N9O6/c1-14(2)21(24(39)33-19(25(40)41)4-3-9-31-26(28)29)35-23(38)20(11-16-12-30-13-32-16)34-22(37)18(27)10-15-5-7-17(36)8-6-15/h5-8,12-14,18-21,36H,3-4,9-11,27H2,1-2H3,(H,30,32)(H,33,39)(H,34,37)(H,35,38)(H,40,41)(H4,28,29,31). The number of rotatable bonds is 16. The van der Waals surface area contributed by atoms with Gasteiger partial charge in [0.1, 0.15) is 23.9 Å². The third-order valence-corrected chi connectivity index (χ3v) is 6.15. The molecule has 41 heavy (non-hydrogen) atoms. The van der Waals surface area contributed by atoms with Crippen molar-refractivity contribution in [1.29, 1.82) is 0 Å². The lowest BCUT2D eigenvalue weighted by molar-refractivity contribution is -0.142. The number of imidazole rings is 1. The lowest BCUT2D eigenvalue weighted by Crippen LogP contribution is -2.59. The number of carboxylic acids is 1. The monoisotopic (exact) mass is 573 g/mol. The summed E-state index contributed by atoms with van der Waals surface area (Å²) in [6.07, 6.45) is 3.46. The number of phenols is 1. The van der Waals surface area contributed by atoms with E-state index in [1.165, 1.54) is 24.7 Å². The summed E-state index contributed by atoms with van der Waals surface area (Å²) in [6.45, 7) is 3.57. The number of carboxylic acid groups (broad SMARTS) is 1. The minimum Gasteiger partial charge on any atom is -0.508 e. The summed E-state index contributed by atoms with van der Waals surface area (Å²) < 4.78 is 0. The van der Waals surface area contributed by atoms with Crippen LogP contribution in [0.15, 0.2) is 41.8 Å². The summed E-state index contributed by atoms with van der Waals surface area (Å²) in [5.41, 5.74) is 17.9. The number of hydrogen-bond donors (Lipinski definition) is 9. The molecule has 15 heteroatoms. The molecule has 2 aromatic rings. The summed E-state index contributed by atoms with van der Waals surface area (Å²) in [5, 5.41) is 26.8. The number of aliphatic imine (C=N–C) groups is 1. The molecule has 1 aromatic carbocycles. The molecule has 0 aliphatic carbocycles. The number of aliphatic carboxylic acids is 1. The van der Waals surface area contributed by atoms with Gasteiger partial charge in [0.25, 0.3) is 0 Å². The molecular formula is C26H39N9O6. The van der Waals surface area contributed by atoms with Gasteiger partial charge in [-0.2, -0.15) is 0 Å². The molecule has 0 radical (unpaired) electrons. The van der Waals surface area contributed by atoms with E-state index < -0.39 is 53.8 Å². The Labute approximate surface area is 237 Å². The van der Waals surface area contributed by atoms with Gasteiger partial charge in [-0.1, -0.05) is 26.0 Å². The Morgan fingerprint density at radius 2 is 1.63 bits per heavy atom. The number of nitrogens with one attached hydrogen (secondary N) is 4. The fraction of sp³-hybridized carbons (Fsp3) is 0.462. The Hall–Kier alpha value is -4.66. The van der Waals surface area contributed by atoms with Crippen molar-refractivity contribution >= 4 is 29.7 Å². The van der Waals surface area contributed by atoms with Crippen LogP contribution < -0.4 is 33.2 Å². The number of amides is 3. The molecule has 2 rings (SSSR count). The lowest BCUT2D eigenvalue weighted by atomic mass is 10.0. The van der Waals surface area contributed by atoms with Gasteiger partial charge in [0, 0.05) is 24.9 Å². The molecule has 0 bridgehead atoms. The molecule has 224 valence electrons. The summed E-state index contributed by atoms with van der Waals surface area (Å²) in [5.74, 6) is -3.68. The number of carbonyl (C=O) groups excluding carboxylic acids is 3. The smallest absolute Gasteiger partial charge is 0.326 e. The fourth-order valence-corrected chi connectivity index (χ4v) is 3.89. The topological polar surface area (TPSA) is 264 Å². The van der Waals surface area contributed by atoms with E-state index in [2.05, 4.69) is 30.9 Å². The Bertz CT molecular complexity index is 1180. The Kier molecular flexibility index (Phi) is 12.6. The number of aromatic hydroxyl groups is 1. The quantitative estimate of drug-likeness (QED) is 0.0635. The zero-order chi connectivity index (χ0) is 30.5. The SMILES string of the molecule is CC(C)C(NC(=O)C(Cc1cnc[nH]1)NC(=O)C(N)Cc1ccc(O)cc1)C(=O)NC(CCCN=C(N)N)C(=O)O. The molecule has 0 fully saturated rings.